The largest absolute Gasteiger partial charge is 0.370 e. The second-order valence-electron chi connectivity index (χ2n) is 4.83. The molecule has 2 heterocycles. The van der Waals surface area contributed by atoms with Crippen LogP contribution in [0.15, 0.2) is 4.52 Å². The summed E-state index contributed by atoms with van der Waals surface area (Å²) in [5, 5.41) is 10.3. The molecule has 2 aromatic heterocycles. The molecule has 0 saturated heterocycles. The van der Waals surface area contributed by atoms with Crippen molar-refractivity contribution in [2.45, 2.75) is 47.1 Å². The van der Waals surface area contributed by atoms with Crippen LogP contribution in [0, 0.1) is 13.8 Å². The molecule has 7 nitrogen and oxygen atoms in total. The van der Waals surface area contributed by atoms with Crippen LogP contribution < -0.4 is 10.6 Å². The van der Waals surface area contributed by atoms with Crippen molar-refractivity contribution in [2.24, 2.45) is 0 Å². The standard InChI is InChI=1S/C14H22N6O/c1-5-7-11-18-13(15-6-2)9(3)14(19-11)16-8-12-17-10(4)20-21-12/h5-8H2,1-4H3,(H2,15,16,18,19). The molecule has 7 heteroatoms. The minimum absolute atomic E-state index is 0.454. The molecule has 2 aromatic rings. The van der Waals surface area contributed by atoms with E-state index in [1.165, 1.54) is 0 Å². The maximum absolute atomic E-state index is 5.10. The zero-order chi connectivity index (χ0) is 15.2. The first-order valence-corrected chi connectivity index (χ1v) is 7.28. The van der Waals surface area contributed by atoms with Gasteiger partial charge in [-0.15, -0.1) is 0 Å². The summed E-state index contributed by atoms with van der Waals surface area (Å²) in [6.45, 7) is 9.24. The molecule has 0 aliphatic carbocycles. The second-order valence-corrected chi connectivity index (χ2v) is 4.83. The van der Waals surface area contributed by atoms with Crippen molar-refractivity contribution in [3.63, 3.8) is 0 Å². The lowest BCUT2D eigenvalue weighted by Gasteiger charge is -2.13. The summed E-state index contributed by atoms with van der Waals surface area (Å²) in [5.41, 5.74) is 0.993. The highest BCUT2D eigenvalue weighted by Crippen LogP contribution is 2.21. The maximum Gasteiger partial charge on any atom is 0.245 e. The molecule has 0 bridgehead atoms. The molecule has 0 unspecified atom stereocenters. The van der Waals surface area contributed by atoms with Crippen LogP contribution in [0.4, 0.5) is 11.6 Å². The van der Waals surface area contributed by atoms with Gasteiger partial charge in [0.25, 0.3) is 0 Å². The van der Waals surface area contributed by atoms with Gasteiger partial charge in [0.2, 0.25) is 5.89 Å². The van der Waals surface area contributed by atoms with E-state index in [1.807, 2.05) is 6.92 Å². The predicted octanol–water partition coefficient (Wildman–Crippen LogP) is 2.47. The number of nitrogens with one attached hydrogen (secondary N) is 2. The van der Waals surface area contributed by atoms with Crippen LogP contribution in [0.3, 0.4) is 0 Å². The molecule has 0 saturated carbocycles. The van der Waals surface area contributed by atoms with Crippen LogP contribution in [-0.4, -0.2) is 26.7 Å². The zero-order valence-corrected chi connectivity index (χ0v) is 13.0. The minimum atomic E-state index is 0.454. The average molecular weight is 290 g/mol. The Labute approximate surface area is 124 Å². The van der Waals surface area contributed by atoms with Gasteiger partial charge in [-0.1, -0.05) is 12.1 Å². The molecule has 2 rings (SSSR count). The maximum atomic E-state index is 5.10. The van der Waals surface area contributed by atoms with E-state index in [-0.39, 0.29) is 0 Å². The van der Waals surface area contributed by atoms with Crippen molar-refractivity contribution in [1.82, 2.24) is 20.1 Å². The Hall–Kier alpha value is -2.18. The van der Waals surface area contributed by atoms with E-state index < -0.39 is 0 Å². The van der Waals surface area contributed by atoms with Crippen molar-refractivity contribution in [3.05, 3.63) is 23.1 Å². The topological polar surface area (TPSA) is 88.8 Å². The van der Waals surface area contributed by atoms with Gasteiger partial charge in [0.05, 0.1) is 6.54 Å². The summed E-state index contributed by atoms with van der Waals surface area (Å²) in [4.78, 5) is 13.3. The lowest BCUT2D eigenvalue weighted by molar-refractivity contribution is 0.379. The molecule has 2 N–H and O–H groups in total. The molecule has 0 aromatic carbocycles. The minimum Gasteiger partial charge on any atom is -0.370 e. The third-order valence-corrected chi connectivity index (χ3v) is 2.99. The van der Waals surface area contributed by atoms with Crippen LogP contribution in [0.25, 0.3) is 0 Å². The number of rotatable bonds is 7. The highest BCUT2D eigenvalue weighted by atomic mass is 16.5. The molecule has 0 fully saturated rings. The molecular formula is C14H22N6O. The lowest BCUT2D eigenvalue weighted by Crippen LogP contribution is -2.11. The first-order valence-electron chi connectivity index (χ1n) is 7.28. The summed E-state index contributed by atoms with van der Waals surface area (Å²) < 4.78 is 5.10. The fraction of sp³-hybridized carbons (Fsp3) is 0.571. The van der Waals surface area contributed by atoms with E-state index >= 15 is 0 Å². The molecule has 21 heavy (non-hydrogen) atoms. The first-order chi connectivity index (χ1) is 10.1. The summed E-state index contributed by atoms with van der Waals surface area (Å²) in [6.07, 6.45) is 1.87. The van der Waals surface area contributed by atoms with Gasteiger partial charge >= 0.3 is 0 Å². The van der Waals surface area contributed by atoms with Crippen molar-refractivity contribution in [3.8, 4) is 0 Å². The fourth-order valence-electron chi connectivity index (χ4n) is 1.98. The van der Waals surface area contributed by atoms with Crippen molar-refractivity contribution >= 4 is 11.6 Å². The molecule has 114 valence electrons. The van der Waals surface area contributed by atoms with E-state index in [0.29, 0.717) is 18.3 Å². The van der Waals surface area contributed by atoms with Crippen molar-refractivity contribution < 1.29 is 4.52 Å². The normalized spacial score (nSPS) is 10.7. The SMILES string of the molecule is CCCc1nc(NCC)c(C)c(NCc2nc(C)no2)n1. The van der Waals surface area contributed by atoms with Crippen molar-refractivity contribution in [1.29, 1.82) is 0 Å². The lowest BCUT2D eigenvalue weighted by atomic mass is 10.2. The van der Waals surface area contributed by atoms with Gasteiger partial charge in [0.15, 0.2) is 5.82 Å². The Balaban J connectivity index is 2.19. The molecule has 0 atom stereocenters. The summed E-state index contributed by atoms with van der Waals surface area (Å²) in [6, 6.07) is 0. The van der Waals surface area contributed by atoms with E-state index in [0.717, 1.165) is 42.4 Å². The van der Waals surface area contributed by atoms with E-state index in [2.05, 4.69) is 44.6 Å². The van der Waals surface area contributed by atoms with Crippen LogP contribution in [-0.2, 0) is 13.0 Å². The highest BCUT2D eigenvalue weighted by molar-refractivity contribution is 5.57. The van der Waals surface area contributed by atoms with Gasteiger partial charge in [-0.2, -0.15) is 4.98 Å². The Morgan fingerprint density at radius 1 is 1.00 bits per heavy atom. The summed E-state index contributed by atoms with van der Waals surface area (Å²) in [7, 11) is 0. The summed E-state index contributed by atoms with van der Waals surface area (Å²) >= 11 is 0. The Bertz CT molecular complexity index is 595. The number of nitrogens with zero attached hydrogens (tertiary/aromatic N) is 4. The Morgan fingerprint density at radius 2 is 1.71 bits per heavy atom. The number of hydrogen-bond donors (Lipinski definition) is 2. The molecule has 0 amide bonds. The van der Waals surface area contributed by atoms with Gasteiger partial charge < -0.3 is 15.2 Å². The zero-order valence-electron chi connectivity index (χ0n) is 13.0. The van der Waals surface area contributed by atoms with E-state index in [4.69, 9.17) is 4.52 Å². The number of aryl methyl sites for hydroxylation is 2. The predicted molar refractivity (Wildman–Crippen MR) is 81.3 cm³/mol. The van der Waals surface area contributed by atoms with Crippen LogP contribution in [0.2, 0.25) is 0 Å². The quantitative estimate of drug-likeness (QED) is 0.809. The van der Waals surface area contributed by atoms with E-state index in [9.17, 15) is 0 Å². The third-order valence-electron chi connectivity index (χ3n) is 2.99. The van der Waals surface area contributed by atoms with Crippen LogP contribution in [0.1, 0.15) is 43.4 Å². The fourth-order valence-corrected chi connectivity index (χ4v) is 1.98. The molecule has 0 aliphatic rings. The van der Waals surface area contributed by atoms with E-state index in [1.54, 1.807) is 6.92 Å². The molecule has 0 radical (unpaired) electrons. The summed E-state index contributed by atoms with van der Waals surface area (Å²) in [5.74, 6) is 3.70. The number of aromatic nitrogens is 4. The van der Waals surface area contributed by atoms with Crippen LogP contribution in [0.5, 0.6) is 0 Å². The molecule has 0 aliphatic heterocycles. The second kappa shape index (κ2) is 7.01. The molecule has 0 spiro atoms. The number of anilines is 2. The third kappa shape index (κ3) is 3.90. The first kappa shape index (κ1) is 15.2. The Morgan fingerprint density at radius 3 is 2.29 bits per heavy atom. The smallest absolute Gasteiger partial charge is 0.245 e. The Kier molecular flexibility index (Phi) is 5.08. The van der Waals surface area contributed by atoms with Gasteiger partial charge in [-0.3, -0.25) is 0 Å². The monoisotopic (exact) mass is 290 g/mol. The van der Waals surface area contributed by atoms with Gasteiger partial charge in [-0.25, -0.2) is 9.97 Å². The van der Waals surface area contributed by atoms with Gasteiger partial charge in [0, 0.05) is 18.5 Å². The average Bonchev–Trinajstić information content (AvgIpc) is 2.87. The van der Waals surface area contributed by atoms with Gasteiger partial charge in [-0.05, 0) is 27.2 Å². The molecular weight excluding hydrogens is 268 g/mol. The van der Waals surface area contributed by atoms with Gasteiger partial charge in [0.1, 0.15) is 17.5 Å². The van der Waals surface area contributed by atoms with Crippen LogP contribution >= 0.6 is 0 Å². The number of hydrogen-bond acceptors (Lipinski definition) is 7. The van der Waals surface area contributed by atoms with Crippen molar-refractivity contribution in [2.75, 3.05) is 17.2 Å². The highest BCUT2D eigenvalue weighted by Gasteiger charge is 2.11.